The van der Waals surface area contributed by atoms with Crippen LogP contribution in [0, 0.1) is 18.3 Å². The van der Waals surface area contributed by atoms with Crippen LogP contribution >= 0.6 is 11.3 Å². The molecule has 2 aromatic heterocycles. The van der Waals surface area contributed by atoms with Gasteiger partial charge in [-0.05, 0) is 25.1 Å². The zero-order valence-electron chi connectivity index (χ0n) is 16.7. The molecule has 4 rings (SSSR count). The van der Waals surface area contributed by atoms with Gasteiger partial charge in [0.2, 0.25) is 5.88 Å². The molecule has 8 heteroatoms. The molecule has 0 spiro atoms. The van der Waals surface area contributed by atoms with Crippen LogP contribution in [0.15, 0.2) is 60.0 Å². The van der Waals surface area contributed by atoms with Crippen molar-refractivity contribution in [2.24, 2.45) is 5.73 Å². The fourth-order valence-electron chi connectivity index (χ4n) is 3.00. The molecule has 4 aromatic rings. The largest absolute Gasteiger partial charge is 0.438 e. The van der Waals surface area contributed by atoms with Gasteiger partial charge < -0.3 is 15.6 Å². The lowest BCUT2D eigenvalue weighted by molar-refractivity contribution is 0.182. The number of hydrogen-bond acceptors (Lipinski definition) is 8. The van der Waals surface area contributed by atoms with Crippen LogP contribution in [0.3, 0.4) is 0 Å². The topological polar surface area (TPSA) is 118 Å². The number of rotatable bonds is 6. The molecule has 3 N–H and O–H groups in total. The molecule has 0 aliphatic heterocycles. The summed E-state index contributed by atoms with van der Waals surface area (Å²) in [5.41, 5.74) is 8.87. The average Bonchev–Trinajstić information content (AvgIpc) is 3.28. The van der Waals surface area contributed by atoms with E-state index in [4.69, 9.17) is 10.5 Å². The number of benzene rings is 2. The lowest BCUT2D eigenvalue weighted by atomic mass is 10.1. The standard InChI is InChI=1S/C23H19N5O2S/c1-14-26-18(16-5-3-2-4-6-16)10-22(27-14)30-21-9-15(11-24)7-8-17(21)23-28-19(13-31-23)20(29)12-25/h2-10,13,20,29H,12,25H2,1H3/t20-/m1/s1. The van der Waals surface area contributed by atoms with Crippen molar-refractivity contribution in [3.63, 3.8) is 0 Å². The molecule has 31 heavy (non-hydrogen) atoms. The average molecular weight is 430 g/mol. The van der Waals surface area contributed by atoms with Crippen molar-refractivity contribution in [2.75, 3.05) is 6.54 Å². The van der Waals surface area contributed by atoms with E-state index in [1.165, 1.54) is 11.3 Å². The maximum absolute atomic E-state index is 9.97. The molecule has 7 nitrogen and oxygen atoms in total. The third-order valence-corrected chi connectivity index (χ3v) is 5.42. The van der Waals surface area contributed by atoms with E-state index >= 15 is 0 Å². The highest BCUT2D eigenvalue weighted by molar-refractivity contribution is 7.13. The zero-order valence-corrected chi connectivity index (χ0v) is 17.5. The van der Waals surface area contributed by atoms with E-state index in [1.807, 2.05) is 30.3 Å². The summed E-state index contributed by atoms with van der Waals surface area (Å²) in [4.78, 5) is 13.4. The molecule has 2 heterocycles. The Kier molecular flexibility index (Phi) is 6.00. The van der Waals surface area contributed by atoms with E-state index in [0.717, 1.165) is 11.3 Å². The van der Waals surface area contributed by atoms with E-state index in [2.05, 4.69) is 21.0 Å². The number of thiazole rings is 1. The Balaban J connectivity index is 1.74. The fourth-order valence-corrected chi connectivity index (χ4v) is 3.89. The number of aliphatic hydroxyl groups is 1. The molecule has 0 fully saturated rings. The predicted octanol–water partition coefficient (Wildman–Crippen LogP) is 4.23. The van der Waals surface area contributed by atoms with Gasteiger partial charge in [0.15, 0.2) is 0 Å². The van der Waals surface area contributed by atoms with Gasteiger partial charge in [-0.15, -0.1) is 11.3 Å². The van der Waals surface area contributed by atoms with Crippen molar-refractivity contribution in [1.29, 1.82) is 5.26 Å². The Bertz CT molecular complexity index is 1250. The Morgan fingerprint density at radius 2 is 1.94 bits per heavy atom. The van der Waals surface area contributed by atoms with Crippen LogP contribution in [0.4, 0.5) is 0 Å². The Labute approximate surface area is 183 Å². The first kappa shape index (κ1) is 20.6. The van der Waals surface area contributed by atoms with E-state index in [0.29, 0.717) is 39.3 Å². The van der Waals surface area contributed by atoms with Crippen molar-refractivity contribution in [1.82, 2.24) is 15.0 Å². The monoisotopic (exact) mass is 429 g/mol. The smallest absolute Gasteiger partial charge is 0.223 e. The second kappa shape index (κ2) is 9.02. The van der Waals surface area contributed by atoms with Crippen LogP contribution in [-0.4, -0.2) is 26.6 Å². The van der Waals surface area contributed by atoms with E-state index in [-0.39, 0.29) is 6.54 Å². The number of ether oxygens (including phenoxy) is 1. The summed E-state index contributed by atoms with van der Waals surface area (Å²) in [6, 6.07) is 18.8. The molecule has 0 saturated heterocycles. The van der Waals surface area contributed by atoms with Crippen LogP contribution in [0.2, 0.25) is 0 Å². The summed E-state index contributed by atoms with van der Waals surface area (Å²) >= 11 is 1.37. The lowest BCUT2D eigenvalue weighted by Gasteiger charge is -2.11. The highest BCUT2D eigenvalue weighted by Gasteiger charge is 2.17. The molecule has 0 radical (unpaired) electrons. The van der Waals surface area contributed by atoms with Gasteiger partial charge in [0.1, 0.15) is 22.7 Å². The van der Waals surface area contributed by atoms with E-state index < -0.39 is 6.10 Å². The number of nitrogens with two attached hydrogens (primary N) is 1. The van der Waals surface area contributed by atoms with Gasteiger partial charge in [-0.1, -0.05) is 30.3 Å². The van der Waals surface area contributed by atoms with Crippen molar-refractivity contribution >= 4 is 11.3 Å². The number of nitriles is 1. The van der Waals surface area contributed by atoms with Crippen molar-refractivity contribution in [3.05, 3.63) is 77.1 Å². The molecule has 0 unspecified atom stereocenters. The quantitative estimate of drug-likeness (QED) is 0.471. The number of aromatic nitrogens is 3. The number of hydrogen-bond donors (Lipinski definition) is 2. The number of nitrogens with zero attached hydrogens (tertiary/aromatic N) is 4. The van der Waals surface area contributed by atoms with E-state index in [9.17, 15) is 10.4 Å². The van der Waals surface area contributed by atoms with Gasteiger partial charge in [0.25, 0.3) is 0 Å². The van der Waals surface area contributed by atoms with Crippen molar-refractivity contribution < 1.29 is 9.84 Å². The van der Waals surface area contributed by atoms with Gasteiger partial charge in [-0.3, -0.25) is 0 Å². The van der Waals surface area contributed by atoms with Crippen molar-refractivity contribution in [3.8, 4) is 39.5 Å². The van der Waals surface area contributed by atoms with Crippen LogP contribution in [0.25, 0.3) is 21.8 Å². The lowest BCUT2D eigenvalue weighted by Crippen LogP contribution is -2.11. The first-order valence-corrected chi connectivity index (χ1v) is 10.4. The summed E-state index contributed by atoms with van der Waals surface area (Å²) in [7, 11) is 0. The van der Waals surface area contributed by atoms with Crippen molar-refractivity contribution in [2.45, 2.75) is 13.0 Å². The second-order valence-corrected chi connectivity index (χ2v) is 7.62. The van der Waals surface area contributed by atoms with Crippen LogP contribution in [0.5, 0.6) is 11.6 Å². The number of aryl methyl sites for hydroxylation is 1. The molecule has 2 aromatic carbocycles. The zero-order chi connectivity index (χ0) is 21.8. The minimum absolute atomic E-state index is 0.0857. The summed E-state index contributed by atoms with van der Waals surface area (Å²) in [5.74, 6) is 1.37. The molecule has 0 aliphatic rings. The van der Waals surface area contributed by atoms with Gasteiger partial charge in [-0.25, -0.2) is 9.97 Å². The minimum Gasteiger partial charge on any atom is -0.438 e. The van der Waals surface area contributed by atoms with Crippen LogP contribution in [0.1, 0.15) is 23.2 Å². The summed E-state index contributed by atoms with van der Waals surface area (Å²) < 4.78 is 6.12. The first-order valence-electron chi connectivity index (χ1n) is 9.54. The predicted molar refractivity (Wildman–Crippen MR) is 119 cm³/mol. The minimum atomic E-state index is -0.828. The maximum atomic E-state index is 9.97. The molecular formula is C23H19N5O2S. The van der Waals surface area contributed by atoms with Crippen LogP contribution < -0.4 is 10.5 Å². The Morgan fingerprint density at radius 1 is 1.13 bits per heavy atom. The summed E-state index contributed by atoms with van der Waals surface area (Å²) in [6.45, 7) is 1.88. The third-order valence-electron chi connectivity index (χ3n) is 4.53. The molecule has 0 bridgehead atoms. The first-order chi connectivity index (χ1) is 15.1. The molecule has 0 aliphatic carbocycles. The Morgan fingerprint density at radius 3 is 2.68 bits per heavy atom. The molecular weight excluding hydrogens is 410 g/mol. The van der Waals surface area contributed by atoms with Gasteiger partial charge in [0.05, 0.1) is 28.6 Å². The second-order valence-electron chi connectivity index (χ2n) is 6.76. The Hall–Kier alpha value is -3.64. The fraction of sp³-hybridized carbons (Fsp3) is 0.130. The molecule has 1 atom stereocenters. The molecule has 0 saturated carbocycles. The van der Waals surface area contributed by atoms with Crippen LogP contribution in [-0.2, 0) is 0 Å². The molecule has 154 valence electrons. The summed E-state index contributed by atoms with van der Waals surface area (Å²) in [6.07, 6.45) is -0.828. The van der Waals surface area contributed by atoms with Gasteiger partial charge >= 0.3 is 0 Å². The normalized spacial score (nSPS) is 11.7. The summed E-state index contributed by atoms with van der Waals surface area (Å²) in [5, 5.41) is 21.7. The van der Waals surface area contributed by atoms with E-state index in [1.54, 1.807) is 36.6 Å². The highest BCUT2D eigenvalue weighted by Crippen LogP contribution is 2.36. The van der Waals surface area contributed by atoms with Gasteiger partial charge in [0, 0.05) is 23.6 Å². The number of aliphatic hydroxyl groups excluding tert-OH is 1. The third kappa shape index (κ3) is 4.59. The maximum Gasteiger partial charge on any atom is 0.223 e. The molecule has 0 amide bonds. The van der Waals surface area contributed by atoms with Gasteiger partial charge in [-0.2, -0.15) is 10.2 Å². The highest BCUT2D eigenvalue weighted by atomic mass is 32.1. The SMILES string of the molecule is Cc1nc(Oc2cc(C#N)ccc2-c2nc([C@H](O)CN)cs2)cc(-c2ccccc2)n1.